The van der Waals surface area contributed by atoms with Crippen molar-refractivity contribution >= 4 is 12.0 Å². The molecule has 0 saturated carbocycles. The second-order valence-electron chi connectivity index (χ2n) is 4.72. The number of hydrogen-bond acceptors (Lipinski definition) is 3. The number of carbonyl (C=O) groups is 1. The van der Waals surface area contributed by atoms with Crippen molar-refractivity contribution in [2.45, 2.75) is 26.4 Å². The molecule has 0 bridgehead atoms. The van der Waals surface area contributed by atoms with Gasteiger partial charge in [0.15, 0.2) is 0 Å². The first-order valence-corrected chi connectivity index (χ1v) is 5.42. The molecule has 0 saturated heterocycles. The average molecular weight is 247 g/mol. The van der Waals surface area contributed by atoms with Gasteiger partial charge in [-0.25, -0.2) is 9.18 Å². The molecule has 0 atom stereocenters. The predicted octanol–water partition coefficient (Wildman–Crippen LogP) is 3.07. The van der Waals surface area contributed by atoms with Crippen LogP contribution in [0.5, 0.6) is 0 Å². The lowest BCUT2D eigenvalue weighted by Crippen LogP contribution is -2.24. The van der Waals surface area contributed by atoms with Gasteiger partial charge in [-0.1, -0.05) is 12.1 Å². The molecule has 0 aliphatic heterocycles. The van der Waals surface area contributed by atoms with Crippen LogP contribution in [-0.2, 0) is 9.53 Å². The zero-order chi connectivity index (χ0) is 13.8. The van der Waals surface area contributed by atoms with Gasteiger partial charge in [0, 0.05) is 0 Å². The van der Waals surface area contributed by atoms with Crippen LogP contribution in [0.3, 0.4) is 0 Å². The van der Waals surface area contributed by atoms with Crippen LogP contribution in [0.15, 0.2) is 29.8 Å². The number of nitrogens with zero attached hydrogens (tertiary/aromatic N) is 1. The second kappa shape index (κ2) is 5.46. The quantitative estimate of drug-likeness (QED) is 0.458. The highest BCUT2D eigenvalue weighted by Crippen LogP contribution is 2.13. The topological polar surface area (TPSA) is 50.1 Å². The van der Waals surface area contributed by atoms with Gasteiger partial charge in [0.1, 0.15) is 23.1 Å². The minimum absolute atomic E-state index is 0.114. The molecule has 1 aromatic rings. The molecular formula is C14H14FNO2. The molecule has 0 fully saturated rings. The number of esters is 1. The molecule has 1 rings (SSSR count). The molecule has 0 aliphatic carbocycles. The Morgan fingerprint density at radius 1 is 1.33 bits per heavy atom. The Labute approximate surface area is 105 Å². The first kappa shape index (κ1) is 13.9. The van der Waals surface area contributed by atoms with E-state index in [1.807, 2.05) is 0 Å². The van der Waals surface area contributed by atoms with Gasteiger partial charge in [0.2, 0.25) is 0 Å². The summed E-state index contributed by atoms with van der Waals surface area (Å²) in [6.45, 7) is 5.16. The summed E-state index contributed by atoms with van der Waals surface area (Å²) in [7, 11) is 0. The smallest absolute Gasteiger partial charge is 0.349 e. The summed E-state index contributed by atoms with van der Waals surface area (Å²) in [6.07, 6.45) is 1.37. The van der Waals surface area contributed by atoms with Crippen molar-refractivity contribution in [2.24, 2.45) is 0 Å². The normalized spacial score (nSPS) is 11.8. The van der Waals surface area contributed by atoms with Gasteiger partial charge < -0.3 is 4.74 Å². The number of ether oxygens (including phenoxy) is 1. The van der Waals surface area contributed by atoms with E-state index >= 15 is 0 Å². The molecule has 94 valence electrons. The van der Waals surface area contributed by atoms with Crippen LogP contribution in [0.2, 0.25) is 0 Å². The zero-order valence-electron chi connectivity index (χ0n) is 10.5. The summed E-state index contributed by atoms with van der Waals surface area (Å²) >= 11 is 0. The van der Waals surface area contributed by atoms with Crippen LogP contribution >= 0.6 is 0 Å². The van der Waals surface area contributed by atoms with Crippen molar-refractivity contribution in [1.82, 2.24) is 0 Å². The molecular weight excluding hydrogens is 233 g/mol. The van der Waals surface area contributed by atoms with E-state index < -0.39 is 11.6 Å². The lowest BCUT2D eigenvalue weighted by atomic mass is 10.1. The molecule has 3 nitrogen and oxygen atoms in total. The number of benzene rings is 1. The lowest BCUT2D eigenvalue weighted by molar-refractivity contribution is -0.149. The molecule has 0 aliphatic rings. The molecule has 18 heavy (non-hydrogen) atoms. The van der Waals surface area contributed by atoms with E-state index in [9.17, 15) is 9.18 Å². The summed E-state index contributed by atoms with van der Waals surface area (Å²) in [5.74, 6) is -1.06. The van der Waals surface area contributed by atoms with E-state index in [2.05, 4.69) is 0 Å². The number of carbonyl (C=O) groups excluding carboxylic acids is 1. The number of nitriles is 1. The van der Waals surface area contributed by atoms with Crippen LogP contribution in [0.1, 0.15) is 26.3 Å². The van der Waals surface area contributed by atoms with Crippen molar-refractivity contribution in [3.8, 4) is 6.07 Å². The van der Waals surface area contributed by atoms with Gasteiger partial charge >= 0.3 is 5.97 Å². The molecule has 0 unspecified atom stereocenters. The fourth-order valence-electron chi connectivity index (χ4n) is 1.20. The van der Waals surface area contributed by atoms with Gasteiger partial charge in [-0.3, -0.25) is 0 Å². The van der Waals surface area contributed by atoms with Gasteiger partial charge in [0.25, 0.3) is 0 Å². The van der Waals surface area contributed by atoms with E-state index in [4.69, 9.17) is 10.00 Å². The Bertz CT molecular complexity index is 504. The molecule has 0 radical (unpaired) electrons. The molecule has 0 heterocycles. The van der Waals surface area contributed by atoms with Crippen molar-refractivity contribution < 1.29 is 13.9 Å². The number of hydrogen-bond donors (Lipinski definition) is 0. The fraction of sp³-hybridized carbons (Fsp3) is 0.286. The number of rotatable bonds is 2. The summed E-state index contributed by atoms with van der Waals surface area (Å²) in [5.41, 5.74) is -0.203. The van der Waals surface area contributed by atoms with E-state index in [1.165, 1.54) is 30.3 Å². The predicted molar refractivity (Wildman–Crippen MR) is 65.8 cm³/mol. The fourth-order valence-corrected chi connectivity index (χ4v) is 1.20. The van der Waals surface area contributed by atoms with Crippen molar-refractivity contribution in [2.75, 3.05) is 0 Å². The third-order valence-electron chi connectivity index (χ3n) is 1.92. The summed E-state index contributed by atoms with van der Waals surface area (Å²) < 4.78 is 17.8. The first-order chi connectivity index (χ1) is 8.31. The van der Waals surface area contributed by atoms with E-state index in [1.54, 1.807) is 26.8 Å². The van der Waals surface area contributed by atoms with Gasteiger partial charge in [-0.2, -0.15) is 5.26 Å². The largest absolute Gasteiger partial charge is 0.456 e. The van der Waals surface area contributed by atoms with E-state index in [0.717, 1.165) is 0 Å². The third kappa shape index (κ3) is 4.38. The molecule has 1 aromatic carbocycles. The maximum atomic E-state index is 12.7. The first-order valence-electron chi connectivity index (χ1n) is 5.42. The minimum atomic E-state index is -0.686. The van der Waals surface area contributed by atoms with Gasteiger partial charge in [0.05, 0.1) is 0 Å². The molecule has 0 aromatic heterocycles. The molecule has 0 amide bonds. The Morgan fingerprint density at radius 2 is 1.89 bits per heavy atom. The van der Waals surface area contributed by atoms with E-state index in [-0.39, 0.29) is 11.4 Å². The van der Waals surface area contributed by atoms with Crippen molar-refractivity contribution in [1.29, 1.82) is 5.26 Å². The SMILES string of the molecule is CC(C)(C)OC(=O)C(C#N)=Cc1ccc(F)cc1. The highest BCUT2D eigenvalue weighted by molar-refractivity contribution is 5.98. The van der Waals surface area contributed by atoms with Crippen LogP contribution in [0, 0.1) is 17.1 Å². The van der Waals surface area contributed by atoms with Crippen LogP contribution in [-0.4, -0.2) is 11.6 Å². The average Bonchev–Trinajstić information content (AvgIpc) is 2.25. The Hall–Kier alpha value is -2.15. The van der Waals surface area contributed by atoms with Gasteiger partial charge in [-0.15, -0.1) is 0 Å². The monoisotopic (exact) mass is 247 g/mol. The summed E-state index contributed by atoms with van der Waals surface area (Å²) in [4.78, 5) is 11.7. The summed E-state index contributed by atoms with van der Waals surface area (Å²) in [6, 6.07) is 7.27. The molecule has 4 heteroatoms. The van der Waals surface area contributed by atoms with Crippen molar-refractivity contribution in [3.05, 3.63) is 41.2 Å². The Balaban J connectivity index is 2.94. The molecule has 0 N–H and O–H groups in total. The highest BCUT2D eigenvalue weighted by atomic mass is 19.1. The van der Waals surface area contributed by atoms with Crippen LogP contribution in [0.25, 0.3) is 6.08 Å². The molecule has 0 spiro atoms. The van der Waals surface area contributed by atoms with Crippen LogP contribution in [0.4, 0.5) is 4.39 Å². The van der Waals surface area contributed by atoms with Crippen molar-refractivity contribution in [3.63, 3.8) is 0 Å². The lowest BCUT2D eigenvalue weighted by Gasteiger charge is -2.18. The third-order valence-corrected chi connectivity index (χ3v) is 1.92. The summed E-state index contributed by atoms with van der Waals surface area (Å²) in [5, 5.41) is 8.92. The highest BCUT2D eigenvalue weighted by Gasteiger charge is 2.19. The maximum Gasteiger partial charge on any atom is 0.349 e. The van der Waals surface area contributed by atoms with Gasteiger partial charge in [-0.05, 0) is 44.5 Å². The minimum Gasteiger partial charge on any atom is -0.456 e. The van der Waals surface area contributed by atoms with E-state index in [0.29, 0.717) is 5.56 Å². The maximum absolute atomic E-state index is 12.7. The van der Waals surface area contributed by atoms with Crippen LogP contribution < -0.4 is 0 Å². The number of halogens is 1. The Kier molecular flexibility index (Phi) is 4.22. The second-order valence-corrected chi connectivity index (χ2v) is 4.72. The zero-order valence-corrected chi connectivity index (χ0v) is 10.5. The Morgan fingerprint density at radius 3 is 2.33 bits per heavy atom. The standard InChI is InChI=1S/C14H14FNO2/c1-14(2,3)18-13(17)11(9-16)8-10-4-6-12(15)7-5-10/h4-8H,1-3H3.